The van der Waals surface area contributed by atoms with Crippen molar-refractivity contribution in [3.05, 3.63) is 59.2 Å². The van der Waals surface area contributed by atoms with Gasteiger partial charge in [-0.15, -0.1) is 10.2 Å². The van der Waals surface area contributed by atoms with E-state index in [1.165, 1.54) is 34.2 Å². The molecule has 1 amide bonds. The Hall–Kier alpha value is -2.38. The van der Waals surface area contributed by atoms with Gasteiger partial charge in [0.05, 0.1) is 5.25 Å². The highest BCUT2D eigenvalue weighted by Gasteiger charge is 2.17. The van der Waals surface area contributed by atoms with Crippen LogP contribution in [0.5, 0.6) is 0 Å². The molecular weight excluding hydrogens is 376 g/mol. The monoisotopic (exact) mass is 398 g/mol. The first-order valence-electron chi connectivity index (χ1n) is 8.62. The molecule has 0 aliphatic carbocycles. The van der Waals surface area contributed by atoms with Crippen molar-refractivity contribution in [1.29, 1.82) is 0 Å². The van der Waals surface area contributed by atoms with Gasteiger partial charge < -0.3 is 10.6 Å². The molecule has 1 aromatic heterocycles. The number of nitrogens with one attached hydrogen (secondary N) is 2. The van der Waals surface area contributed by atoms with Crippen LogP contribution < -0.4 is 10.6 Å². The third-order valence-corrected chi connectivity index (χ3v) is 6.12. The summed E-state index contributed by atoms with van der Waals surface area (Å²) in [5, 5.41) is 15.0. The summed E-state index contributed by atoms with van der Waals surface area (Å²) in [7, 11) is 0. The van der Waals surface area contributed by atoms with E-state index < -0.39 is 0 Å². The Morgan fingerprint density at radius 2 is 1.85 bits per heavy atom. The van der Waals surface area contributed by atoms with Gasteiger partial charge in [0.25, 0.3) is 0 Å². The molecule has 0 aliphatic heterocycles. The maximum atomic E-state index is 12.4. The summed E-state index contributed by atoms with van der Waals surface area (Å²) < 4.78 is 0.758. The Morgan fingerprint density at radius 1 is 1.04 bits per heavy atom. The highest BCUT2D eigenvalue weighted by molar-refractivity contribution is 8.02. The van der Waals surface area contributed by atoms with Gasteiger partial charge in [0.1, 0.15) is 0 Å². The molecule has 1 atom stereocenters. The van der Waals surface area contributed by atoms with Crippen molar-refractivity contribution >= 4 is 45.5 Å². The quantitative estimate of drug-likeness (QED) is 0.550. The lowest BCUT2D eigenvalue weighted by Crippen LogP contribution is -2.22. The largest absolute Gasteiger partial charge is 0.330 e. The van der Waals surface area contributed by atoms with Gasteiger partial charge in [0, 0.05) is 11.4 Å². The zero-order valence-corrected chi connectivity index (χ0v) is 17.4. The Balaban J connectivity index is 1.59. The van der Waals surface area contributed by atoms with Gasteiger partial charge in [-0.3, -0.25) is 4.79 Å². The fourth-order valence-corrected chi connectivity index (χ4v) is 4.34. The van der Waals surface area contributed by atoms with Crippen molar-refractivity contribution in [2.45, 2.75) is 37.3 Å². The molecular formula is C20H22N4OS2. The summed E-state index contributed by atoms with van der Waals surface area (Å²) in [6.07, 6.45) is 0. The number of thioether (sulfide) groups is 1. The molecule has 27 heavy (non-hydrogen) atoms. The number of rotatable bonds is 6. The average Bonchev–Trinajstić information content (AvgIpc) is 3.05. The van der Waals surface area contributed by atoms with Crippen LogP contribution in [0.3, 0.4) is 0 Å². The molecule has 2 N–H and O–H groups in total. The van der Waals surface area contributed by atoms with E-state index in [-0.39, 0.29) is 11.2 Å². The second-order valence-electron chi connectivity index (χ2n) is 6.42. The minimum absolute atomic E-state index is 0.0514. The van der Waals surface area contributed by atoms with Gasteiger partial charge >= 0.3 is 0 Å². The van der Waals surface area contributed by atoms with Crippen LogP contribution in [0.25, 0.3) is 0 Å². The molecule has 3 rings (SSSR count). The average molecular weight is 399 g/mol. The van der Waals surface area contributed by atoms with E-state index >= 15 is 0 Å². The molecule has 2 aromatic carbocycles. The Labute approximate surface area is 167 Å². The SMILES string of the molecule is Cc1cccc(NC(=O)[C@@H](C)Sc2nnc(Nc3ccc(C)c(C)c3)s2)c1. The van der Waals surface area contributed by atoms with E-state index in [2.05, 4.69) is 46.8 Å². The molecule has 0 saturated heterocycles. The first-order chi connectivity index (χ1) is 12.9. The highest BCUT2D eigenvalue weighted by Crippen LogP contribution is 2.31. The topological polar surface area (TPSA) is 66.9 Å². The number of carbonyl (C=O) groups excluding carboxylic acids is 1. The van der Waals surface area contributed by atoms with Crippen LogP contribution in [-0.4, -0.2) is 21.4 Å². The molecule has 5 nitrogen and oxygen atoms in total. The first kappa shape index (κ1) is 19.4. The lowest BCUT2D eigenvalue weighted by atomic mass is 10.1. The number of hydrogen-bond acceptors (Lipinski definition) is 6. The Morgan fingerprint density at radius 3 is 2.59 bits per heavy atom. The van der Waals surface area contributed by atoms with Crippen molar-refractivity contribution in [3.8, 4) is 0 Å². The van der Waals surface area contributed by atoms with Crippen LogP contribution in [-0.2, 0) is 4.79 Å². The normalized spacial score (nSPS) is 11.9. The molecule has 0 bridgehead atoms. The molecule has 0 spiro atoms. The lowest BCUT2D eigenvalue weighted by Gasteiger charge is -2.10. The zero-order chi connectivity index (χ0) is 19.4. The number of carbonyl (C=O) groups is 1. The van der Waals surface area contributed by atoms with Crippen LogP contribution in [0.1, 0.15) is 23.6 Å². The van der Waals surface area contributed by atoms with Gasteiger partial charge in [-0.05, 0) is 68.7 Å². The molecule has 7 heteroatoms. The Kier molecular flexibility index (Phi) is 6.13. The standard InChI is InChI=1S/C20H22N4OS2/c1-12-6-5-7-16(10-12)21-18(25)15(4)26-20-24-23-19(27-20)22-17-9-8-13(2)14(3)11-17/h5-11,15H,1-4H3,(H,21,25)(H,22,23)/t15-/m1/s1. The minimum Gasteiger partial charge on any atom is -0.330 e. The third kappa shape index (κ3) is 5.30. The predicted octanol–water partition coefficient (Wildman–Crippen LogP) is 5.33. The summed E-state index contributed by atoms with van der Waals surface area (Å²) in [6, 6.07) is 13.9. The van der Waals surface area contributed by atoms with E-state index in [4.69, 9.17) is 0 Å². The number of nitrogens with zero attached hydrogens (tertiary/aromatic N) is 2. The molecule has 3 aromatic rings. The zero-order valence-electron chi connectivity index (χ0n) is 15.7. The minimum atomic E-state index is -0.270. The van der Waals surface area contributed by atoms with Crippen LogP contribution in [0.4, 0.5) is 16.5 Å². The van der Waals surface area contributed by atoms with Gasteiger partial charge in [-0.1, -0.05) is 41.3 Å². The number of amides is 1. The lowest BCUT2D eigenvalue weighted by molar-refractivity contribution is -0.115. The van der Waals surface area contributed by atoms with Crippen molar-refractivity contribution in [2.75, 3.05) is 10.6 Å². The molecule has 1 heterocycles. The van der Waals surface area contributed by atoms with E-state index in [1.807, 2.05) is 44.2 Å². The smallest absolute Gasteiger partial charge is 0.237 e. The summed E-state index contributed by atoms with van der Waals surface area (Å²) in [5.74, 6) is -0.0514. The summed E-state index contributed by atoms with van der Waals surface area (Å²) in [5.41, 5.74) is 5.38. The third-order valence-electron chi connectivity index (χ3n) is 4.10. The second kappa shape index (κ2) is 8.54. The summed E-state index contributed by atoms with van der Waals surface area (Å²) in [4.78, 5) is 12.4. The first-order valence-corrected chi connectivity index (χ1v) is 10.3. The molecule has 0 saturated carbocycles. The van der Waals surface area contributed by atoms with Crippen molar-refractivity contribution in [2.24, 2.45) is 0 Å². The van der Waals surface area contributed by atoms with Gasteiger partial charge in [0.2, 0.25) is 11.0 Å². The van der Waals surface area contributed by atoms with Crippen LogP contribution >= 0.6 is 23.1 Å². The molecule has 0 unspecified atom stereocenters. The van der Waals surface area contributed by atoms with E-state index in [0.717, 1.165) is 21.3 Å². The molecule has 140 valence electrons. The molecule has 0 aliphatic rings. The van der Waals surface area contributed by atoms with Crippen molar-refractivity contribution in [1.82, 2.24) is 10.2 Å². The number of anilines is 3. The van der Waals surface area contributed by atoms with E-state index in [1.54, 1.807) is 0 Å². The van der Waals surface area contributed by atoms with Crippen LogP contribution in [0.2, 0.25) is 0 Å². The Bertz CT molecular complexity index is 955. The van der Waals surface area contributed by atoms with Crippen molar-refractivity contribution in [3.63, 3.8) is 0 Å². The van der Waals surface area contributed by atoms with Gasteiger partial charge in [0.15, 0.2) is 4.34 Å². The number of benzene rings is 2. The van der Waals surface area contributed by atoms with Crippen LogP contribution in [0.15, 0.2) is 46.8 Å². The van der Waals surface area contributed by atoms with Crippen LogP contribution in [0, 0.1) is 20.8 Å². The van der Waals surface area contributed by atoms with Crippen molar-refractivity contribution < 1.29 is 4.79 Å². The number of aryl methyl sites for hydroxylation is 3. The highest BCUT2D eigenvalue weighted by atomic mass is 32.2. The van der Waals surface area contributed by atoms with E-state index in [0.29, 0.717) is 5.13 Å². The number of aromatic nitrogens is 2. The summed E-state index contributed by atoms with van der Waals surface area (Å²) in [6.45, 7) is 8.03. The van der Waals surface area contributed by atoms with E-state index in [9.17, 15) is 4.79 Å². The van der Waals surface area contributed by atoms with Gasteiger partial charge in [-0.25, -0.2) is 0 Å². The molecule has 0 radical (unpaired) electrons. The van der Waals surface area contributed by atoms with Gasteiger partial charge in [-0.2, -0.15) is 0 Å². The number of hydrogen-bond donors (Lipinski definition) is 2. The summed E-state index contributed by atoms with van der Waals surface area (Å²) >= 11 is 2.85. The fourth-order valence-electron chi connectivity index (χ4n) is 2.42. The maximum Gasteiger partial charge on any atom is 0.237 e. The second-order valence-corrected chi connectivity index (χ2v) is 8.98. The molecule has 0 fully saturated rings. The predicted molar refractivity (Wildman–Crippen MR) is 114 cm³/mol. The maximum absolute atomic E-state index is 12.4. The fraction of sp³-hybridized carbons (Fsp3) is 0.250.